The first-order valence-electron chi connectivity index (χ1n) is 6.66. The van der Waals surface area contributed by atoms with Crippen LogP contribution in [0.25, 0.3) is 0 Å². The first-order valence-corrected chi connectivity index (χ1v) is 6.66. The maximum Gasteiger partial charge on any atom is 0.291 e. The van der Waals surface area contributed by atoms with Crippen LogP contribution in [0.3, 0.4) is 0 Å². The van der Waals surface area contributed by atoms with Crippen LogP contribution >= 0.6 is 0 Å². The number of aromatic amines is 1. The van der Waals surface area contributed by atoms with E-state index >= 15 is 0 Å². The predicted molar refractivity (Wildman–Crippen MR) is 77.4 cm³/mol. The second-order valence-electron chi connectivity index (χ2n) is 5.86. The number of carbonyl (C=O) groups excluding carboxylic acids is 1. The molecule has 0 radical (unpaired) electrons. The van der Waals surface area contributed by atoms with E-state index in [0.29, 0.717) is 5.82 Å². The van der Waals surface area contributed by atoms with E-state index in [1.54, 1.807) is 0 Å². The summed E-state index contributed by atoms with van der Waals surface area (Å²) in [6, 6.07) is 9.71. The molecular formula is C15H20N4O. The average Bonchev–Trinajstić information content (AvgIpc) is 2.89. The molecule has 1 amide bonds. The number of H-pyrrole nitrogens is 1. The van der Waals surface area contributed by atoms with Gasteiger partial charge in [-0.3, -0.25) is 9.89 Å². The number of hydrogen-bond donors (Lipinski definition) is 2. The third-order valence-electron chi connectivity index (χ3n) is 3.05. The number of hydrogen-bond acceptors (Lipinski definition) is 3. The summed E-state index contributed by atoms with van der Waals surface area (Å²) in [7, 11) is 0. The zero-order valence-electron chi connectivity index (χ0n) is 12.3. The van der Waals surface area contributed by atoms with Gasteiger partial charge in [0.2, 0.25) is 5.82 Å². The lowest BCUT2D eigenvalue weighted by atomic mass is 9.96. The quantitative estimate of drug-likeness (QED) is 0.902. The summed E-state index contributed by atoms with van der Waals surface area (Å²) in [5, 5.41) is 9.69. The Hall–Kier alpha value is -2.17. The zero-order chi connectivity index (χ0) is 14.8. The SMILES string of the molecule is C[C@H](NC(=O)c1n[nH]c(C(C)(C)C)n1)c1ccccc1. The van der Waals surface area contributed by atoms with Crippen molar-refractivity contribution in [3.05, 3.63) is 47.5 Å². The number of amides is 1. The molecule has 0 fully saturated rings. The van der Waals surface area contributed by atoms with Crippen molar-refractivity contribution in [2.45, 2.75) is 39.2 Å². The molecule has 0 saturated carbocycles. The van der Waals surface area contributed by atoms with Crippen molar-refractivity contribution in [3.8, 4) is 0 Å². The van der Waals surface area contributed by atoms with Crippen molar-refractivity contribution in [1.82, 2.24) is 20.5 Å². The van der Waals surface area contributed by atoms with Crippen molar-refractivity contribution in [2.24, 2.45) is 0 Å². The van der Waals surface area contributed by atoms with E-state index in [-0.39, 0.29) is 23.2 Å². The molecule has 1 heterocycles. The maximum atomic E-state index is 12.1. The van der Waals surface area contributed by atoms with Crippen LogP contribution in [0.2, 0.25) is 0 Å². The molecule has 0 aliphatic carbocycles. The fourth-order valence-electron chi connectivity index (χ4n) is 1.78. The summed E-state index contributed by atoms with van der Waals surface area (Å²) < 4.78 is 0. The Morgan fingerprint density at radius 3 is 2.45 bits per heavy atom. The van der Waals surface area contributed by atoms with Crippen molar-refractivity contribution in [2.75, 3.05) is 0 Å². The molecule has 0 aliphatic heterocycles. The summed E-state index contributed by atoms with van der Waals surface area (Å²) >= 11 is 0. The lowest BCUT2D eigenvalue weighted by Gasteiger charge is -2.13. The summed E-state index contributed by atoms with van der Waals surface area (Å²) in [5.74, 6) is 0.612. The van der Waals surface area contributed by atoms with Gasteiger partial charge in [-0.25, -0.2) is 4.98 Å². The monoisotopic (exact) mass is 272 g/mol. The minimum atomic E-state index is -0.270. The highest BCUT2D eigenvalue weighted by molar-refractivity contribution is 5.90. The van der Waals surface area contributed by atoms with Gasteiger partial charge in [0.05, 0.1) is 6.04 Å². The topological polar surface area (TPSA) is 70.7 Å². The molecule has 0 spiro atoms. The van der Waals surface area contributed by atoms with E-state index < -0.39 is 0 Å². The third-order valence-corrected chi connectivity index (χ3v) is 3.05. The number of aromatic nitrogens is 3. The van der Waals surface area contributed by atoms with Gasteiger partial charge in [0.1, 0.15) is 5.82 Å². The summed E-state index contributed by atoms with van der Waals surface area (Å²) in [5.41, 5.74) is 0.892. The zero-order valence-corrected chi connectivity index (χ0v) is 12.3. The van der Waals surface area contributed by atoms with Crippen molar-refractivity contribution in [1.29, 1.82) is 0 Å². The van der Waals surface area contributed by atoms with Gasteiger partial charge in [-0.2, -0.15) is 0 Å². The molecule has 0 bridgehead atoms. The van der Waals surface area contributed by atoms with Crippen LogP contribution in [0.1, 0.15) is 55.7 Å². The normalized spacial score (nSPS) is 13.0. The molecule has 0 unspecified atom stereocenters. The van der Waals surface area contributed by atoms with E-state index in [4.69, 9.17) is 0 Å². The smallest absolute Gasteiger partial charge is 0.291 e. The first-order chi connectivity index (χ1) is 9.38. The molecule has 5 heteroatoms. The van der Waals surface area contributed by atoms with Gasteiger partial charge in [0.15, 0.2) is 0 Å². The lowest BCUT2D eigenvalue weighted by Crippen LogP contribution is -2.27. The Morgan fingerprint density at radius 1 is 1.25 bits per heavy atom. The van der Waals surface area contributed by atoms with Gasteiger partial charge >= 0.3 is 0 Å². The molecule has 20 heavy (non-hydrogen) atoms. The number of rotatable bonds is 3. The molecule has 5 nitrogen and oxygen atoms in total. The minimum Gasteiger partial charge on any atom is -0.343 e. The van der Waals surface area contributed by atoms with E-state index in [1.807, 2.05) is 58.0 Å². The standard InChI is InChI=1S/C15H20N4O/c1-10(11-8-6-5-7-9-11)16-13(20)12-17-14(19-18-12)15(2,3)4/h5-10H,1-4H3,(H,16,20)(H,17,18,19)/t10-/m0/s1. The fourth-order valence-corrected chi connectivity index (χ4v) is 1.78. The third kappa shape index (κ3) is 3.23. The largest absolute Gasteiger partial charge is 0.343 e. The predicted octanol–water partition coefficient (Wildman–Crippen LogP) is 2.59. The highest BCUT2D eigenvalue weighted by atomic mass is 16.2. The van der Waals surface area contributed by atoms with Gasteiger partial charge in [-0.15, -0.1) is 5.10 Å². The van der Waals surface area contributed by atoms with Crippen molar-refractivity contribution < 1.29 is 4.79 Å². The van der Waals surface area contributed by atoms with Gasteiger partial charge < -0.3 is 5.32 Å². The van der Waals surface area contributed by atoms with Gasteiger partial charge in [-0.05, 0) is 12.5 Å². The summed E-state index contributed by atoms with van der Waals surface area (Å²) in [6.45, 7) is 7.98. The molecule has 1 atom stereocenters. The Balaban J connectivity index is 2.07. The van der Waals surface area contributed by atoms with Gasteiger partial charge in [-0.1, -0.05) is 51.1 Å². The number of carbonyl (C=O) groups is 1. The first kappa shape index (κ1) is 14.2. The van der Waals surface area contributed by atoms with E-state index in [9.17, 15) is 4.79 Å². The second-order valence-corrected chi connectivity index (χ2v) is 5.86. The van der Waals surface area contributed by atoms with Crippen LogP contribution in [0.4, 0.5) is 0 Å². The highest BCUT2D eigenvalue weighted by Crippen LogP contribution is 2.17. The Kier molecular flexibility index (Phi) is 3.88. The van der Waals surface area contributed by atoms with Crippen LogP contribution in [0.15, 0.2) is 30.3 Å². The van der Waals surface area contributed by atoms with Crippen LogP contribution in [-0.4, -0.2) is 21.1 Å². The van der Waals surface area contributed by atoms with Crippen molar-refractivity contribution >= 4 is 5.91 Å². The summed E-state index contributed by atoms with van der Waals surface area (Å²) in [4.78, 5) is 16.4. The van der Waals surface area contributed by atoms with E-state index in [0.717, 1.165) is 5.56 Å². The molecule has 0 saturated heterocycles. The maximum absolute atomic E-state index is 12.1. The molecule has 1 aromatic carbocycles. The second kappa shape index (κ2) is 5.45. The number of nitrogens with zero attached hydrogens (tertiary/aromatic N) is 2. The Bertz CT molecular complexity index is 583. The lowest BCUT2D eigenvalue weighted by molar-refractivity contribution is 0.0929. The van der Waals surface area contributed by atoms with Gasteiger partial charge in [0.25, 0.3) is 5.91 Å². The van der Waals surface area contributed by atoms with Crippen molar-refractivity contribution in [3.63, 3.8) is 0 Å². The highest BCUT2D eigenvalue weighted by Gasteiger charge is 2.22. The summed E-state index contributed by atoms with van der Waals surface area (Å²) in [6.07, 6.45) is 0. The number of benzene rings is 1. The molecule has 2 N–H and O–H groups in total. The van der Waals surface area contributed by atoms with Crippen LogP contribution in [-0.2, 0) is 5.41 Å². The molecule has 2 rings (SSSR count). The van der Waals surface area contributed by atoms with Crippen LogP contribution in [0, 0.1) is 0 Å². The van der Waals surface area contributed by atoms with Crippen LogP contribution < -0.4 is 5.32 Å². The Morgan fingerprint density at radius 2 is 1.90 bits per heavy atom. The fraction of sp³-hybridized carbons (Fsp3) is 0.400. The average molecular weight is 272 g/mol. The van der Waals surface area contributed by atoms with Gasteiger partial charge in [0, 0.05) is 5.41 Å². The minimum absolute atomic E-state index is 0.0831. The molecular weight excluding hydrogens is 252 g/mol. The van der Waals surface area contributed by atoms with Crippen LogP contribution in [0.5, 0.6) is 0 Å². The molecule has 0 aliphatic rings. The molecule has 2 aromatic rings. The number of nitrogens with one attached hydrogen (secondary N) is 2. The molecule has 1 aromatic heterocycles. The van der Waals surface area contributed by atoms with E-state index in [2.05, 4.69) is 20.5 Å². The Labute approximate surface area is 118 Å². The molecule has 106 valence electrons. The van der Waals surface area contributed by atoms with E-state index in [1.165, 1.54) is 0 Å².